The maximum atomic E-state index is 6.19. The van der Waals surface area contributed by atoms with Crippen molar-refractivity contribution in [3.63, 3.8) is 0 Å². The third-order valence-corrected chi connectivity index (χ3v) is 3.28. The quantitative estimate of drug-likeness (QED) is 0.840. The lowest BCUT2D eigenvalue weighted by molar-refractivity contribution is 0.603. The Morgan fingerprint density at radius 3 is 2.78 bits per heavy atom. The van der Waals surface area contributed by atoms with Gasteiger partial charge in [0.05, 0.1) is 5.52 Å². The summed E-state index contributed by atoms with van der Waals surface area (Å²) in [5.74, 6) is 0. The summed E-state index contributed by atoms with van der Waals surface area (Å²) in [5, 5.41) is 1.63. The monoisotopic (exact) mass is 284 g/mol. The Bertz CT molecular complexity index is 514. The molecule has 2 nitrogen and oxygen atoms in total. The van der Waals surface area contributed by atoms with E-state index in [1.807, 2.05) is 24.3 Å². The van der Waals surface area contributed by atoms with Crippen molar-refractivity contribution < 1.29 is 0 Å². The Morgan fingerprint density at radius 2 is 2.06 bits per heavy atom. The van der Waals surface area contributed by atoms with Crippen LogP contribution in [-0.2, 0) is 0 Å². The Morgan fingerprint density at radius 1 is 1.33 bits per heavy atom. The summed E-state index contributed by atoms with van der Waals surface area (Å²) in [6.45, 7) is 2.16. The van der Waals surface area contributed by atoms with E-state index in [4.69, 9.17) is 17.3 Å². The van der Waals surface area contributed by atoms with Crippen LogP contribution in [0.5, 0.6) is 0 Å². The molecule has 0 saturated carbocycles. The highest BCUT2D eigenvalue weighted by Gasteiger charge is 2.12. The molecule has 0 radical (unpaired) electrons. The number of hydrogen-bond acceptors (Lipinski definition) is 2. The fraction of sp³-hybridized carbons (Fsp3) is 0.357. The number of nitrogens with two attached hydrogens (primary N) is 1. The minimum atomic E-state index is -0.0143. The van der Waals surface area contributed by atoms with Crippen LogP contribution in [0.2, 0.25) is 5.15 Å². The molecule has 1 aromatic heterocycles. The molecule has 98 valence electrons. The zero-order valence-corrected chi connectivity index (χ0v) is 12.0. The van der Waals surface area contributed by atoms with E-state index in [1.54, 1.807) is 0 Å². The number of fused-ring (bicyclic) bond motifs is 1. The molecule has 1 atom stereocenters. The third-order valence-electron chi connectivity index (χ3n) is 2.97. The SMILES string of the molecule is CCCC[C@H](N)c1cc2ccccc2nc1Cl.Cl. The van der Waals surface area contributed by atoms with E-state index in [1.165, 1.54) is 0 Å². The van der Waals surface area contributed by atoms with Gasteiger partial charge < -0.3 is 5.73 Å². The van der Waals surface area contributed by atoms with Crippen molar-refractivity contribution in [3.8, 4) is 0 Å². The standard InChI is InChI=1S/C14H17ClN2.ClH/c1-2-3-7-12(16)11-9-10-6-4-5-8-13(10)17-14(11)15;/h4-6,8-9,12H,2-3,7,16H2,1H3;1H/t12-;/m0./s1. The predicted octanol–water partition coefficient (Wildman–Crippen LogP) is 4.50. The summed E-state index contributed by atoms with van der Waals surface area (Å²) in [6, 6.07) is 10.0. The molecule has 4 heteroatoms. The van der Waals surface area contributed by atoms with Crippen LogP contribution in [0.15, 0.2) is 30.3 Å². The topological polar surface area (TPSA) is 38.9 Å². The molecule has 0 saturated heterocycles. The zero-order chi connectivity index (χ0) is 12.3. The van der Waals surface area contributed by atoms with Crippen LogP contribution >= 0.6 is 24.0 Å². The van der Waals surface area contributed by atoms with E-state index in [0.717, 1.165) is 35.7 Å². The highest BCUT2D eigenvalue weighted by molar-refractivity contribution is 6.30. The smallest absolute Gasteiger partial charge is 0.134 e. The van der Waals surface area contributed by atoms with Crippen LogP contribution in [-0.4, -0.2) is 4.98 Å². The number of para-hydroxylation sites is 1. The second kappa shape index (κ2) is 6.93. The first kappa shape index (κ1) is 15.2. The molecule has 0 aliphatic rings. The maximum Gasteiger partial charge on any atom is 0.134 e. The van der Waals surface area contributed by atoms with Gasteiger partial charge in [-0.1, -0.05) is 49.6 Å². The number of benzene rings is 1. The predicted molar refractivity (Wildman–Crippen MR) is 80.5 cm³/mol. The molecule has 0 unspecified atom stereocenters. The highest BCUT2D eigenvalue weighted by atomic mass is 35.5. The van der Waals surface area contributed by atoms with Gasteiger partial charge in [0, 0.05) is 17.0 Å². The van der Waals surface area contributed by atoms with Crippen LogP contribution < -0.4 is 5.73 Å². The van der Waals surface area contributed by atoms with Gasteiger partial charge in [-0.2, -0.15) is 0 Å². The number of aromatic nitrogens is 1. The number of rotatable bonds is 4. The molecule has 0 aliphatic carbocycles. The van der Waals surface area contributed by atoms with Crippen LogP contribution in [0.25, 0.3) is 10.9 Å². The van der Waals surface area contributed by atoms with Crippen molar-refractivity contribution in [2.75, 3.05) is 0 Å². The van der Waals surface area contributed by atoms with E-state index in [-0.39, 0.29) is 18.4 Å². The molecule has 2 N–H and O–H groups in total. The van der Waals surface area contributed by atoms with Crippen LogP contribution in [0, 0.1) is 0 Å². The fourth-order valence-electron chi connectivity index (χ4n) is 1.95. The molecule has 2 rings (SSSR count). The van der Waals surface area contributed by atoms with Crippen molar-refractivity contribution in [3.05, 3.63) is 41.0 Å². The van der Waals surface area contributed by atoms with Crippen molar-refractivity contribution in [2.45, 2.75) is 32.2 Å². The molecule has 0 aliphatic heterocycles. The van der Waals surface area contributed by atoms with Gasteiger partial charge in [0.1, 0.15) is 5.15 Å². The van der Waals surface area contributed by atoms with E-state index in [2.05, 4.69) is 18.0 Å². The fourth-order valence-corrected chi connectivity index (χ4v) is 2.23. The van der Waals surface area contributed by atoms with Crippen LogP contribution in [0.1, 0.15) is 37.8 Å². The molecule has 1 aromatic carbocycles. The Hall–Kier alpha value is -0.830. The van der Waals surface area contributed by atoms with Crippen molar-refractivity contribution >= 4 is 34.9 Å². The minimum absolute atomic E-state index is 0. The summed E-state index contributed by atoms with van der Waals surface area (Å²) >= 11 is 6.19. The van der Waals surface area contributed by atoms with E-state index >= 15 is 0 Å². The number of hydrogen-bond donors (Lipinski definition) is 1. The van der Waals surface area contributed by atoms with Gasteiger partial charge in [-0.15, -0.1) is 12.4 Å². The minimum Gasteiger partial charge on any atom is -0.324 e. The van der Waals surface area contributed by atoms with Crippen molar-refractivity contribution in [1.29, 1.82) is 0 Å². The summed E-state index contributed by atoms with van der Waals surface area (Å²) in [4.78, 5) is 4.39. The third kappa shape index (κ3) is 3.35. The Kier molecular flexibility index (Phi) is 5.86. The first-order valence-electron chi connectivity index (χ1n) is 6.03. The molecule has 0 fully saturated rings. The normalized spacial score (nSPS) is 12.2. The van der Waals surface area contributed by atoms with Gasteiger partial charge in [-0.05, 0) is 18.6 Å². The first-order chi connectivity index (χ1) is 8.22. The lowest BCUT2D eigenvalue weighted by Gasteiger charge is -2.13. The largest absolute Gasteiger partial charge is 0.324 e. The summed E-state index contributed by atoms with van der Waals surface area (Å²) in [5.41, 5.74) is 8.03. The zero-order valence-electron chi connectivity index (χ0n) is 10.4. The maximum absolute atomic E-state index is 6.19. The number of nitrogens with zero attached hydrogens (tertiary/aromatic N) is 1. The van der Waals surface area contributed by atoms with E-state index < -0.39 is 0 Å². The number of pyridine rings is 1. The van der Waals surface area contributed by atoms with Crippen LogP contribution in [0.3, 0.4) is 0 Å². The second-order valence-electron chi connectivity index (χ2n) is 4.31. The van der Waals surface area contributed by atoms with Crippen molar-refractivity contribution in [2.24, 2.45) is 5.73 Å². The van der Waals surface area contributed by atoms with Gasteiger partial charge in [0.2, 0.25) is 0 Å². The highest BCUT2D eigenvalue weighted by Crippen LogP contribution is 2.27. The molecule has 1 heterocycles. The van der Waals surface area contributed by atoms with Gasteiger partial charge in [0.15, 0.2) is 0 Å². The van der Waals surface area contributed by atoms with Gasteiger partial charge >= 0.3 is 0 Å². The lowest BCUT2D eigenvalue weighted by Crippen LogP contribution is -2.11. The number of halogens is 2. The molecular weight excluding hydrogens is 267 g/mol. The molecule has 0 amide bonds. The molecular formula is C14H18Cl2N2. The molecule has 18 heavy (non-hydrogen) atoms. The van der Waals surface area contributed by atoms with E-state index in [9.17, 15) is 0 Å². The number of unbranched alkanes of at least 4 members (excludes halogenated alkanes) is 1. The second-order valence-corrected chi connectivity index (χ2v) is 4.67. The lowest BCUT2D eigenvalue weighted by atomic mass is 10.0. The average molecular weight is 285 g/mol. The van der Waals surface area contributed by atoms with Gasteiger partial charge in [-0.25, -0.2) is 4.98 Å². The Labute approximate surface area is 119 Å². The van der Waals surface area contributed by atoms with Gasteiger partial charge in [0.25, 0.3) is 0 Å². The molecule has 2 aromatic rings. The van der Waals surface area contributed by atoms with Crippen molar-refractivity contribution in [1.82, 2.24) is 4.98 Å². The summed E-state index contributed by atoms with van der Waals surface area (Å²) in [7, 11) is 0. The van der Waals surface area contributed by atoms with Crippen LogP contribution in [0.4, 0.5) is 0 Å². The molecule has 0 spiro atoms. The first-order valence-corrected chi connectivity index (χ1v) is 6.41. The summed E-state index contributed by atoms with van der Waals surface area (Å²) in [6.07, 6.45) is 3.22. The molecule has 0 bridgehead atoms. The summed E-state index contributed by atoms with van der Waals surface area (Å²) < 4.78 is 0. The van der Waals surface area contributed by atoms with E-state index in [0.29, 0.717) is 5.15 Å². The van der Waals surface area contributed by atoms with Gasteiger partial charge in [-0.3, -0.25) is 0 Å². The Balaban J connectivity index is 0.00000162. The average Bonchev–Trinajstić information content (AvgIpc) is 2.35.